The van der Waals surface area contributed by atoms with Crippen molar-refractivity contribution in [2.24, 2.45) is 11.8 Å². The number of hydrogen-bond donors (Lipinski definition) is 4. The average Bonchev–Trinajstić information content (AvgIpc) is 3.63. The molecule has 2 aromatic rings. The fraction of sp³-hybridized carbons (Fsp3) is 0.444. The van der Waals surface area contributed by atoms with Gasteiger partial charge in [0.15, 0.2) is 0 Å². The number of amides is 2. The van der Waals surface area contributed by atoms with Crippen LogP contribution in [0.1, 0.15) is 52.4 Å². The SMILES string of the molecule is N#Cc1cc(NC(=O)C2SNC(c3cccc4c3CCCN4)C2C2CC2)ccc1C(=O)N1CC(O)C1. The monoisotopic (exact) mass is 503 g/mol. The van der Waals surface area contributed by atoms with Gasteiger partial charge < -0.3 is 20.6 Å². The number of anilines is 2. The first-order valence-corrected chi connectivity index (χ1v) is 13.5. The van der Waals surface area contributed by atoms with Gasteiger partial charge >= 0.3 is 0 Å². The summed E-state index contributed by atoms with van der Waals surface area (Å²) < 4.78 is 3.59. The van der Waals surface area contributed by atoms with Crippen LogP contribution >= 0.6 is 11.9 Å². The molecule has 6 rings (SSSR count). The van der Waals surface area contributed by atoms with Gasteiger partial charge in [-0.2, -0.15) is 5.26 Å². The van der Waals surface area contributed by atoms with Crippen LogP contribution < -0.4 is 15.4 Å². The third-order valence-corrected chi connectivity index (χ3v) is 8.91. The molecule has 4 N–H and O–H groups in total. The van der Waals surface area contributed by atoms with E-state index in [0.717, 1.165) is 32.2 Å². The smallest absolute Gasteiger partial charge is 0.255 e. The van der Waals surface area contributed by atoms with Gasteiger partial charge in [-0.15, -0.1) is 0 Å². The van der Waals surface area contributed by atoms with Crippen LogP contribution in [0.5, 0.6) is 0 Å². The molecule has 3 atom stereocenters. The molecule has 1 saturated carbocycles. The molecule has 2 aromatic carbocycles. The van der Waals surface area contributed by atoms with E-state index in [9.17, 15) is 20.0 Å². The predicted octanol–water partition coefficient (Wildman–Crippen LogP) is 3.06. The number of benzene rings is 2. The second-order valence-corrected chi connectivity index (χ2v) is 11.2. The molecule has 3 unspecified atom stereocenters. The zero-order valence-corrected chi connectivity index (χ0v) is 20.7. The molecule has 8 nitrogen and oxygen atoms in total. The first-order chi connectivity index (χ1) is 17.5. The Balaban J connectivity index is 1.20. The lowest BCUT2D eigenvalue weighted by Crippen LogP contribution is -2.53. The lowest BCUT2D eigenvalue weighted by molar-refractivity contribution is -0.116. The number of nitrogens with one attached hydrogen (secondary N) is 3. The first-order valence-electron chi connectivity index (χ1n) is 12.6. The number of aliphatic hydroxyl groups is 1. The zero-order valence-electron chi connectivity index (χ0n) is 19.9. The molecule has 4 aliphatic rings. The highest BCUT2D eigenvalue weighted by molar-refractivity contribution is 7.99. The molecular formula is C27H29N5O3S. The summed E-state index contributed by atoms with van der Waals surface area (Å²) in [6.07, 6.45) is 3.94. The number of nitrogens with zero attached hydrogens (tertiary/aromatic N) is 2. The number of aliphatic hydroxyl groups excluding tert-OH is 1. The van der Waals surface area contributed by atoms with Crippen molar-refractivity contribution in [1.29, 1.82) is 5.26 Å². The first kappa shape index (κ1) is 23.3. The number of nitriles is 1. The Hall–Kier alpha value is -3.06. The van der Waals surface area contributed by atoms with Crippen molar-refractivity contribution in [3.8, 4) is 6.07 Å². The van der Waals surface area contributed by atoms with Gasteiger partial charge in [0.2, 0.25) is 5.91 Å². The van der Waals surface area contributed by atoms with E-state index in [0.29, 0.717) is 11.6 Å². The molecule has 2 amide bonds. The van der Waals surface area contributed by atoms with E-state index in [1.807, 2.05) is 0 Å². The van der Waals surface area contributed by atoms with Gasteiger partial charge in [0.25, 0.3) is 5.91 Å². The zero-order chi connectivity index (χ0) is 24.8. The van der Waals surface area contributed by atoms with Crippen molar-refractivity contribution in [3.63, 3.8) is 0 Å². The third-order valence-electron chi connectivity index (χ3n) is 7.73. The molecule has 0 radical (unpaired) electrons. The van der Waals surface area contributed by atoms with Crippen molar-refractivity contribution in [1.82, 2.24) is 9.62 Å². The molecule has 0 aromatic heterocycles. The summed E-state index contributed by atoms with van der Waals surface area (Å²) in [5.41, 5.74) is 4.89. The van der Waals surface area contributed by atoms with Crippen molar-refractivity contribution in [3.05, 3.63) is 58.7 Å². The van der Waals surface area contributed by atoms with Crippen LogP contribution in [0, 0.1) is 23.2 Å². The Kier molecular flexibility index (Phi) is 6.12. The van der Waals surface area contributed by atoms with E-state index in [1.165, 1.54) is 33.7 Å². The number of carbonyl (C=O) groups is 2. The summed E-state index contributed by atoms with van der Waals surface area (Å²) in [5, 5.41) is 25.4. The maximum atomic E-state index is 13.5. The van der Waals surface area contributed by atoms with E-state index in [-0.39, 0.29) is 53.2 Å². The summed E-state index contributed by atoms with van der Waals surface area (Å²) in [6.45, 7) is 1.55. The second-order valence-electron chi connectivity index (χ2n) is 10.2. The third kappa shape index (κ3) is 4.23. The highest BCUT2D eigenvalue weighted by atomic mass is 32.2. The summed E-state index contributed by atoms with van der Waals surface area (Å²) in [4.78, 5) is 27.6. The Bertz CT molecular complexity index is 1250. The van der Waals surface area contributed by atoms with Crippen LogP contribution in [0.25, 0.3) is 0 Å². The maximum Gasteiger partial charge on any atom is 0.255 e. The molecule has 9 heteroatoms. The molecule has 36 heavy (non-hydrogen) atoms. The minimum atomic E-state index is -0.503. The Morgan fingerprint density at radius 2 is 2.03 bits per heavy atom. The van der Waals surface area contributed by atoms with Crippen molar-refractivity contribution in [2.75, 3.05) is 30.3 Å². The van der Waals surface area contributed by atoms with Crippen molar-refractivity contribution in [2.45, 2.75) is 43.1 Å². The Morgan fingerprint density at radius 3 is 2.78 bits per heavy atom. The summed E-state index contributed by atoms with van der Waals surface area (Å²) in [5.74, 6) is 0.353. The second kappa shape index (κ2) is 9.43. The summed E-state index contributed by atoms with van der Waals surface area (Å²) in [6, 6.07) is 13.5. The number of likely N-dealkylation sites (tertiary alicyclic amines) is 1. The molecule has 0 bridgehead atoms. The molecule has 3 heterocycles. The molecule has 0 spiro atoms. The van der Waals surface area contributed by atoms with Crippen LogP contribution in [0.4, 0.5) is 11.4 Å². The molecule has 3 aliphatic heterocycles. The Labute approximate surface area is 214 Å². The van der Waals surface area contributed by atoms with E-state index in [2.05, 4.69) is 39.6 Å². The number of carbonyl (C=O) groups excluding carboxylic acids is 2. The molecule has 186 valence electrons. The van der Waals surface area contributed by atoms with Gasteiger partial charge in [-0.05, 0) is 67.0 Å². The molecular weight excluding hydrogens is 474 g/mol. The topological polar surface area (TPSA) is 117 Å². The van der Waals surface area contributed by atoms with E-state index >= 15 is 0 Å². The van der Waals surface area contributed by atoms with E-state index in [4.69, 9.17) is 0 Å². The minimum Gasteiger partial charge on any atom is -0.389 e. The number of fused-ring (bicyclic) bond motifs is 1. The van der Waals surface area contributed by atoms with Crippen LogP contribution in [0.3, 0.4) is 0 Å². The fourth-order valence-corrected chi connectivity index (χ4v) is 6.99. The highest BCUT2D eigenvalue weighted by Crippen LogP contribution is 2.53. The summed E-state index contributed by atoms with van der Waals surface area (Å²) in [7, 11) is 0. The van der Waals surface area contributed by atoms with Crippen LogP contribution in [-0.4, -0.2) is 52.8 Å². The number of hydrogen-bond acceptors (Lipinski definition) is 7. The Morgan fingerprint density at radius 1 is 1.19 bits per heavy atom. The van der Waals surface area contributed by atoms with Crippen molar-refractivity contribution >= 4 is 35.1 Å². The average molecular weight is 504 g/mol. The number of rotatable bonds is 5. The normalized spacial score (nSPS) is 25.3. The predicted molar refractivity (Wildman–Crippen MR) is 138 cm³/mol. The van der Waals surface area contributed by atoms with E-state index < -0.39 is 6.10 Å². The van der Waals surface area contributed by atoms with Gasteiger partial charge in [0, 0.05) is 43.0 Å². The lowest BCUT2D eigenvalue weighted by atomic mass is 9.83. The largest absolute Gasteiger partial charge is 0.389 e. The van der Waals surface area contributed by atoms with Crippen LogP contribution in [0.15, 0.2) is 36.4 Å². The lowest BCUT2D eigenvalue weighted by Gasteiger charge is -2.36. The molecule has 2 saturated heterocycles. The van der Waals surface area contributed by atoms with Crippen LogP contribution in [-0.2, 0) is 11.2 Å². The molecule has 3 fully saturated rings. The van der Waals surface area contributed by atoms with Crippen LogP contribution in [0.2, 0.25) is 0 Å². The van der Waals surface area contributed by atoms with Gasteiger partial charge in [-0.25, -0.2) is 0 Å². The number of β-amino-alcohol motifs (C(OH)–C–C–N with tert-alkyl or cyclic N) is 1. The highest BCUT2D eigenvalue weighted by Gasteiger charge is 2.50. The quantitative estimate of drug-likeness (QED) is 0.463. The van der Waals surface area contributed by atoms with Gasteiger partial charge in [-0.1, -0.05) is 24.1 Å². The van der Waals surface area contributed by atoms with Gasteiger partial charge in [0.1, 0.15) is 11.3 Å². The molecule has 1 aliphatic carbocycles. The fourth-order valence-electron chi connectivity index (χ4n) is 5.71. The maximum absolute atomic E-state index is 13.5. The van der Waals surface area contributed by atoms with E-state index in [1.54, 1.807) is 18.2 Å². The van der Waals surface area contributed by atoms with Gasteiger partial charge in [-0.3, -0.25) is 14.3 Å². The van der Waals surface area contributed by atoms with Gasteiger partial charge in [0.05, 0.1) is 17.2 Å². The summed E-state index contributed by atoms with van der Waals surface area (Å²) >= 11 is 1.50. The standard InChI is InChI=1S/C27H29N5O3S/c28-12-16-11-17(8-9-19(16)27(35)32-13-18(33)14-32)30-26(34)25-23(15-6-7-15)24(31-36-25)21-3-1-5-22-20(21)4-2-10-29-22/h1,3,5,8-9,11,15,18,23-25,29,31,33H,2,4,6-7,10,13-14H2,(H,30,34). The minimum absolute atomic E-state index is 0.0799. The van der Waals surface area contributed by atoms with Crippen molar-refractivity contribution < 1.29 is 14.7 Å².